The monoisotopic (exact) mass is 317 g/mol. The first kappa shape index (κ1) is 14.6. The van der Waals surface area contributed by atoms with Gasteiger partial charge in [-0.3, -0.25) is 4.79 Å². The molecule has 102 valence electrons. The highest BCUT2D eigenvalue weighted by Gasteiger charge is 2.25. The van der Waals surface area contributed by atoms with E-state index in [9.17, 15) is 14.6 Å². The predicted molar refractivity (Wildman–Crippen MR) is 78.6 cm³/mol. The molecule has 0 fully saturated rings. The smallest absolute Gasteiger partial charge is 0.284 e. The van der Waals surface area contributed by atoms with Crippen molar-refractivity contribution < 1.29 is 14.3 Å². The summed E-state index contributed by atoms with van der Waals surface area (Å²) in [6.07, 6.45) is 0. The Morgan fingerprint density at radius 2 is 2.00 bits per heavy atom. The van der Waals surface area contributed by atoms with E-state index in [4.69, 9.17) is 4.52 Å². The van der Waals surface area contributed by atoms with Crippen molar-refractivity contribution in [1.29, 1.82) is 0 Å². The highest BCUT2D eigenvalue weighted by Crippen LogP contribution is 2.57. The van der Waals surface area contributed by atoms with E-state index in [1.807, 2.05) is 6.07 Å². The molecule has 19 heavy (non-hydrogen) atoms. The number of rotatable bonds is 4. The maximum absolute atomic E-state index is 11.8. The fourth-order valence-electron chi connectivity index (χ4n) is 1.61. The minimum Gasteiger partial charge on any atom is -0.380 e. The van der Waals surface area contributed by atoms with E-state index in [1.54, 1.807) is 31.2 Å². The van der Waals surface area contributed by atoms with Crippen molar-refractivity contribution in [3.8, 4) is 0 Å². The lowest BCUT2D eigenvalue weighted by Gasteiger charge is -2.18. The Morgan fingerprint density at radius 1 is 1.37 bits per heavy atom. The molecule has 1 heterocycles. The van der Waals surface area contributed by atoms with Crippen LogP contribution in [0.1, 0.15) is 16.7 Å². The highest BCUT2D eigenvalue weighted by atomic mass is 32.9. The van der Waals surface area contributed by atoms with Gasteiger partial charge in [-0.1, -0.05) is 30.3 Å². The average molecular weight is 317 g/mol. The standard InChI is InChI=1S/C11H12NO4PS2/c1-8-7-10(13)12(16-8)11(19-17(14,15)18)9-5-3-2-4-6-9/h2-7,11H,1H3,(H2,14,15,18). The zero-order chi connectivity index (χ0) is 14.0. The van der Waals surface area contributed by atoms with Gasteiger partial charge in [0.1, 0.15) is 11.1 Å². The lowest BCUT2D eigenvalue weighted by molar-refractivity contribution is 0.260. The summed E-state index contributed by atoms with van der Waals surface area (Å²) in [7, 11) is 0. The molecule has 1 atom stereocenters. The van der Waals surface area contributed by atoms with E-state index in [0.29, 0.717) is 11.3 Å². The molecule has 5 nitrogen and oxygen atoms in total. The zero-order valence-electron chi connectivity index (χ0n) is 9.96. The molecule has 0 saturated heterocycles. The molecule has 2 N–H and O–H groups in total. The third kappa shape index (κ3) is 3.81. The van der Waals surface area contributed by atoms with Gasteiger partial charge in [0.25, 0.3) is 5.56 Å². The van der Waals surface area contributed by atoms with Crippen molar-refractivity contribution in [3.63, 3.8) is 0 Å². The van der Waals surface area contributed by atoms with Crippen molar-refractivity contribution in [2.45, 2.75) is 12.3 Å². The average Bonchev–Trinajstić information content (AvgIpc) is 2.65. The van der Waals surface area contributed by atoms with Crippen LogP contribution >= 0.6 is 17.1 Å². The van der Waals surface area contributed by atoms with E-state index in [0.717, 1.165) is 16.1 Å². The molecule has 0 saturated carbocycles. The van der Waals surface area contributed by atoms with Crippen molar-refractivity contribution in [2.75, 3.05) is 0 Å². The molecule has 0 bridgehead atoms. The molecular weight excluding hydrogens is 305 g/mol. The second-order valence-corrected chi connectivity index (χ2v) is 9.89. The normalized spacial score (nSPS) is 13.4. The quantitative estimate of drug-likeness (QED) is 0.842. The second kappa shape index (κ2) is 5.64. The van der Waals surface area contributed by atoms with Crippen LogP contribution in [0, 0.1) is 6.92 Å². The predicted octanol–water partition coefficient (Wildman–Crippen LogP) is 2.24. The zero-order valence-corrected chi connectivity index (χ0v) is 12.5. The Kier molecular flexibility index (Phi) is 4.32. The van der Waals surface area contributed by atoms with E-state index in [-0.39, 0.29) is 5.56 Å². The summed E-state index contributed by atoms with van der Waals surface area (Å²) in [5.74, 6) is 0.454. The van der Waals surface area contributed by atoms with Crippen molar-refractivity contribution in [1.82, 2.24) is 4.74 Å². The molecule has 2 aromatic rings. The summed E-state index contributed by atoms with van der Waals surface area (Å²) < 4.78 is 6.41. The molecule has 0 radical (unpaired) electrons. The number of hydrogen-bond donors (Lipinski definition) is 2. The highest BCUT2D eigenvalue weighted by molar-refractivity contribution is 8.67. The summed E-state index contributed by atoms with van der Waals surface area (Å²) in [6, 6.07) is 10.3. The maximum atomic E-state index is 11.8. The molecule has 0 aliphatic carbocycles. The van der Waals surface area contributed by atoms with E-state index in [1.165, 1.54) is 6.07 Å². The molecule has 8 heteroatoms. The van der Waals surface area contributed by atoms with Crippen LogP contribution < -0.4 is 5.56 Å². The molecule has 0 spiro atoms. The fourth-order valence-corrected chi connectivity index (χ4v) is 4.52. The summed E-state index contributed by atoms with van der Waals surface area (Å²) in [4.78, 5) is 30.8. The molecule has 1 aromatic heterocycles. The third-order valence-corrected chi connectivity index (χ3v) is 5.46. The van der Waals surface area contributed by atoms with Gasteiger partial charge in [-0.15, -0.1) is 0 Å². The van der Waals surface area contributed by atoms with Crippen molar-refractivity contribution in [2.24, 2.45) is 0 Å². The maximum Gasteiger partial charge on any atom is 0.284 e. The van der Waals surface area contributed by atoms with Gasteiger partial charge in [0.15, 0.2) is 0 Å². The Hall–Kier alpha value is -0.850. The summed E-state index contributed by atoms with van der Waals surface area (Å²) in [5.41, 5.74) is -3.17. The number of benzene rings is 1. The largest absolute Gasteiger partial charge is 0.380 e. The summed E-state index contributed by atoms with van der Waals surface area (Å²) in [6.45, 7) is 1.65. The van der Waals surface area contributed by atoms with Gasteiger partial charge in [-0.2, -0.15) is 4.74 Å². The summed E-state index contributed by atoms with van der Waals surface area (Å²) in [5, 5.41) is -0.691. The Morgan fingerprint density at radius 3 is 2.47 bits per heavy atom. The van der Waals surface area contributed by atoms with Crippen LogP contribution in [0.25, 0.3) is 0 Å². The van der Waals surface area contributed by atoms with Crippen LogP contribution in [0.5, 0.6) is 0 Å². The summed E-state index contributed by atoms with van der Waals surface area (Å²) >= 11 is 5.38. The van der Waals surface area contributed by atoms with Gasteiger partial charge in [-0.05, 0) is 35.7 Å². The number of hydrogen-bond acceptors (Lipinski definition) is 4. The van der Waals surface area contributed by atoms with Crippen LogP contribution in [0.15, 0.2) is 45.7 Å². The second-order valence-electron chi connectivity index (χ2n) is 3.87. The lowest BCUT2D eigenvalue weighted by Crippen LogP contribution is -2.18. The minimum atomic E-state index is -3.53. The Bertz CT molecular complexity index is 661. The molecule has 2 rings (SSSR count). The number of nitrogens with zero attached hydrogens (tertiary/aromatic N) is 1. The molecule has 0 aliphatic rings. The topological polar surface area (TPSA) is 75.6 Å². The Balaban J connectivity index is 2.49. The number of aromatic nitrogens is 1. The van der Waals surface area contributed by atoms with Gasteiger partial charge >= 0.3 is 0 Å². The van der Waals surface area contributed by atoms with Crippen LogP contribution in [-0.2, 0) is 11.8 Å². The molecular formula is C11H12NO4PS2. The van der Waals surface area contributed by atoms with Gasteiger partial charge in [0, 0.05) is 6.07 Å². The van der Waals surface area contributed by atoms with Crippen LogP contribution in [0.2, 0.25) is 0 Å². The first-order chi connectivity index (χ1) is 8.87. The van der Waals surface area contributed by atoms with Crippen molar-refractivity contribution in [3.05, 3.63) is 58.1 Å². The van der Waals surface area contributed by atoms with E-state index < -0.39 is 11.1 Å². The van der Waals surface area contributed by atoms with Crippen molar-refractivity contribution >= 4 is 28.9 Å². The number of aryl methyl sites for hydroxylation is 1. The molecule has 0 amide bonds. The van der Waals surface area contributed by atoms with Gasteiger partial charge in [-0.25, -0.2) is 0 Å². The molecule has 0 aliphatic heterocycles. The first-order valence-electron chi connectivity index (χ1n) is 5.35. The third-order valence-electron chi connectivity index (χ3n) is 2.32. The van der Waals surface area contributed by atoms with E-state index >= 15 is 0 Å². The minimum absolute atomic E-state index is 0.345. The lowest BCUT2D eigenvalue weighted by atomic mass is 10.2. The molecule has 1 aromatic carbocycles. The van der Waals surface area contributed by atoms with Crippen LogP contribution in [0.4, 0.5) is 0 Å². The van der Waals surface area contributed by atoms with Gasteiger partial charge in [0.05, 0.1) is 0 Å². The first-order valence-corrected chi connectivity index (χ1v) is 9.54. The molecule has 1 unspecified atom stereocenters. The van der Waals surface area contributed by atoms with E-state index in [2.05, 4.69) is 11.8 Å². The SMILES string of the molecule is Cc1cc(=O)n(C(SP(O)(O)=S)c2ccccc2)o1. The van der Waals surface area contributed by atoms with Gasteiger partial charge in [0.2, 0.25) is 5.69 Å². The Labute approximate surface area is 118 Å². The van der Waals surface area contributed by atoms with Crippen LogP contribution in [-0.4, -0.2) is 14.5 Å². The van der Waals surface area contributed by atoms with Gasteiger partial charge < -0.3 is 14.3 Å². The van der Waals surface area contributed by atoms with Crippen LogP contribution in [0.3, 0.4) is 0 Å². The fraction of sp³-hybridized carbons (Fsp3) is 0.182.